The van der Waals surface area contributed by atoms with Crippen molar-refractivity contribution in [2.45, 2.75) is 25.6 Å². The van der Waals surface area contributed by atoms with Crippen molar-refractivity contribution in [1.29, 1.82) is 0 Å². The molecule has 1 fully saturated rings. The molecule has 4 rings (SSSR count). The Morgan fingerprint density at radius 2 is 2.19 bits per heavy atom. The fraction of sp³-hybridized carbons (Fsp3) is 0.304. The van der Waals surface area contributed by atoms with Gasteiger partial charge in [0.25, 0.3) is 5.91 Å². The largest absolute Gasteiger partial charge is 0.497 e. The fourth-order valence-electron chi connectivity index (χ4n) is 3.29. The lowest BCUT2D eigenvalue weighted by atomic mass is 10.2. The van der Waals surface area contributed by atoms with E-state index in [2.05, 4.69) is 10.3 Å². The van der Waals surface area contributed by atoms with Gasteiger partial charge >= 0.3 is 0 Å². The number of rotatable bonds is 8. The quantitative estimate of drug-likeness (QED) is 0.558. The lowest BCUT2D eigenvalue weighted by molar-refractivity contribution is 0.0854. The maximum absolute atomic E-state index is 14.7. The van der Waals surface area contributed by atoms with Crippen molar-refractivity contribution < 1.29 is 23.4 Å². The standard InChI is InChI=1S/C23H23FN2O4S/c1-28-16-5-2-4-15(10-16)13-30-17-7-8-19(20(24)11-17)23-26-21(14-31-23)22(27)25-12-18-6-3-9-29-18/h2,4-5,7-8,10-11,14,18H,3,6,9,12-13H2,1H3,(H,25,27)/t18-/m1/s1. The summed E-state index contributed by atoms with van der Waals surface area (Å²) in [6, 6.07) is 12.1. The molecule has 0 bridgehead atoms. The maximum Gasteiger partial charge on any atom is 0.270 e. The van der Waals surface area contributed by atoms with Gasteiger partial charge in [-0.1, -0.05) is 12.1 Å². The lowest BCUT2D eigenvalue weighted by Gasteiger charge is -2.09. The van der Waals surface area contributed by atoms with Gasteiger partial charge in [-0.3, -0.25) is 4.79 Å². The first kappa shape index (κ1) is 21.3. The normalized spacial score (nSPS) is 15.6. The van der Waals surface area contributed by atoms with Gasteiger partial charge in [-0.15, -0.1) is 11.3 Å². The highest BCUT2D eigenvalue weighted by Crippen LogP contribution is 2.29. The number of hydrogen-bond acceptors (Lipinski definition) is 6. The number of ether oxygens (including phenoxy) is 3. The minimum atomic E-state index is -0.455. The first-order valence-electron chi connectivity index (χ1n) is 10.0. The van der Waals surface area contributed by atoms with E-state index in [1.807, 2.05) is 24.3 Å². The number of amides is 1. The third kappa shape index (κ3) is 5.39. The molecule has 6 nitrogen and oxygen atoms in total. The van der Waals surface area contributed by atoms with Gasteiger partial charge < -0.3 is 19.5 Å². The van der Waals surface area contributed by atoms with Gasteiger partial charge in [0, 0.05) is 30.2 Å². The lowest BCUT2D eigenvalue weighted by Crippen LogP contribution is -2.31. The Bertz CT molecular complexity index is 1050. The van der Waals surface area contributed by atoms with Crippen LogP contribution in [0.3, 0.4) is 0 Å². The topological polar surface area (TPSA) is 69.7 Å². The zero-order valence-corrected chi connectivity index (χ0v) is 17.9. The van der Waals surface area contributed by atoms with E-state index in [4.69, 9.17) is 14.2 Å². The van der Waals surface area contributed by atoms with Crippen molar-refractivity contribution in [3.63, 3.8) is 0 Å². The van der Waals surface area contributed by atoms with Crippen LogP contribution in [-0.2, 0) is 11.3 Å². The van der Waals surface area contributed by atoms with Crippen molar-refractivity contribution in [3.05, 3.63) is 64.9 Å². The van der Waals surface area contributed by atoms with E-state index in [0.29, 0.717) is 29.5 Å². The zero-order chi connectivity index (χ0) is 21.6. The van der Waals surface area contributed by atoms with E-state index in [9.17, 15) is 9.18 Å². The average molecular weight is 443 g/mol. The van der Waals surface area contributed by atoms with Crippen LogP contribution in [0.25, 0.3) is 10.6 Å². The van der Waals surface area contributed by atoms with E-state index in [0.717, 1.165) is 30.8 Å². The number of halogens is 1. The van der Waals surface area contributed by atoms with Gasteiger partial charge in [-0.2, -0.15) is 0 Å². The van der Waals surface area contributed by atoms with Crippen LogP contribution in [0.5, 0.6) is 11.5 Å². The Balaban J connectivity index is 1.38. The molecule has 0 unspecified atom stereocenters. The van der Waals surface area contributed by atoms with Gasteiger partial charge in [-0.05, 0) is 42.7 Å². The van der Waals surface area contributed by atoms with Gasteiger partial charge in [0.2, 0.25) is 0 Å². The maximum atomic E-state index is 14.7. The molecule has 1 aliphatic rings. The highest BCUT2D eigenvalue weighted by molar-refractivity contribution is 7.13. The van der Waals surface area contributed by atoms with Gasteiger partial charge in [0.15, 0.2) is 0 Å². The van der Waals surface area contributed by atoms with Crippen LogP contribution in [0, 0.1) is 5.82 Å². The van der Waals surface area contributed by atoms with Crippen molar-refractivity contribution in [3.8, 4) is 22.1 Å². The van der Waals surface area contributed by atoms with Crippen LogP contribution in [0.2, 0.25) is 0 Å². The molecule has 2 aromatic carbocycles. The van der Waals surface area contributed by atoms with Crippen molar-refractivity contribution in [1.82, 2.24) is 10.3 Å². The first-order valence-corrected chi connectivity index (χ1v) is 10.9. The van der Waals surface area contributed by atoms with Crippen LogP contribution in [0.15, 0.2) is 47.8 Å². The predicted octanol–water partition coefficient (Wildman–Crippen LogP) is 4.45. The minimum Gasteiger partial charge on any atom is -0.497 e. The molecule has 1 N–H and O–H groups in total. The molecule has 1 aromatic heterocycles. The SMILES string of the molecule is COc1cccc(COc2ccc(-c3nc(C(=O)NC[C@H]4CCCO4)cs3)c(F)c2)c1. The molecule has 2 heterocycles. The van der Waals surface area contributed by atoms with Crippen LogP contribution in [0.1, 0.15) is 28.9 Å². The number of benzene rings is 2. The molecular weight excluding hydrogens is 419 g/mol. The number of aromatic nitrogens is 1. The fourth-order valence-corrected chi connectivity index (χ4v) is 4.12. The second-order valence-corrected chi connectivity index (χ2v) is 8.02. The molecule has 8 heteroatoms. The predicted molar refractivity (Wildman–Crippen MR) is 116 cm³/mol. The van der Waals surface area contributed by atoms with E-state index in [1.165, 1.54) is 17.4 Å². The molecule has 0 aliphatic carbocycles. The summed E-state index contributed by atoms with van der Waals surface area (Å²) in [5.74, 6) is 0.414. The van der Waals surface area contributed by atoms with Crippen LogP contribution in [-0.4, -0.2) is 37.3 Å². The average Bonchev–Trinajstić information content (AvgIpc) is 3.49. The van der Waals surface area contributed by atoms with Crippen LogP contribution < -0.4 is 14.8 Å². The third-order valence-electron chi connectivity index (χ3n) is 4.96. The summed E-state index contributed by atoms with van der Waals surface area (Å²) in [5, 5.41) is 4.90. The summed E-state index contributed by atoms with van der Waals surface area (Å²) in [7, 11) is 1.60. The molecule has 1 amide bonds. The molecular formula is C23H23FN2O4S. The summed E-state index contributed by atoms with van der Waals surface area (Å²) in [6.45, 7) is 1.49. The second kappa shape index (κ2) is 9.89. The number of methoxy groups -OCH3 is 1. The number of nitrogens with one attached hydrogen (secondary N) is 1. The smallest absolute Gasteiger partial charge is 0.270 e. The Morgan fingerprint density at radius 3 is 2.97 bits per heavy atom. The van der Waals surface area contributed by atoms with Crippen molar-refractivity contribution >= 4 is 17.2 Å². The number of thiazole rings is 1. The van der Waals surface area contributed by atoms with Crippen molar-refractivity contribution in [2.75, 3.05) is 20.3 Å². The summed E-state index contributed by atoms with van der Waals surface area (Å²) in [4.78, 5) is 16.6. The van der Waals surface area contributed by atoms with E-state index in [-0.39, 0.29) is 17.7 Å². The Labute approximate surface area is 184 Å². The molecule has 162 valence electrons. The summed E-state index contributed by atoms with van der Waals surface area (Å²) < 4.78 is 31.1. The number of carbonyl (C=O) groups is 1. The summed E-state index contributed by atoms with van der Waals surface area (Å²) in [6.07, 6.45) is 2.02. The molecule has 3 aromatic rings. The van der Waals surface area contributed by atoms with E-state index < -0.39 is 5.82 Å². The van der Waals surface area contributed by atoms with Crippen LogP contribution in [0.4, 0.5) is 4.39 Å². The van der Waals surface area contributed by atoms with E-state index in [1.54, 1.807) is 24.6 Å². The molecule has 31 heavy (non-hydrogen) atoms. The Morgan fingerprint density at radius 1 is 1.29 bits per heavy atom. The van der Waals surface area contributed by atoms with Gasteiger partial charge in [0.05, 0.1) is 13.2 Å². The highest BCUT2D eigenvalue weighted by Gasteiger charge is 2.19. The Hall–Kier alpha value is -2.97. The molecule has 1 saturated heterocycles. The zero-order valence-electron chi connectivity index (χ0n) is 17.1. The number of carbonyl (C=O) groups excluding carboxylic acids is 1. The van der Waals surface area contributed by atoms with Crippen molar-refractivity contribution in [2.24, 2.45) is 0 Å². The molecule has 1 atom stereocenters. The Kier molecular flexibility index (Phi) is 6.79. The molecule has 0 radical (unpaired) electrons. The molecule has 0 saturated carbocycles. The molecule has 1 aliphatic heterocycles. The number of hydrogen-bond donors (Lipinski definition) is 1. The third-order valence-corrected chi connectivity index (χ3v) is 5.84. The highest BCUT2D eigenvalue weighted by atomic mass is 32.1. The van der Waals surface area contributed by atoms with E-state index >= 15 is 0 Å². The monoisotopic (exact) mass is 442 g/mol. The minimum absolute atomic E-state index is 0.0593. The van der Waals surface area contributed by atoms with Gasteiger partial charge in [-0.25, -0.2) is 9.37 Å². The molecule has 0 spiro atoms. The second-order valence-electron chi connectivity index (χ2n) is 7.16. The van der Waals surface area contributed by atoms with Crippen LogP contribution >= 0.6 is 11.3 Å². The summed E-state index contributed by atoms with van der Waals surface area (Å²) in [5.41, 5.74) is 1.52. The summed E-state index contributed by atoms with van der Waals surface area (Å²) >= 11 is 1.23. The first-order chi connectivity index (χ1) is 15.1. The van der Waals surface area contributed by atoms with Gasteiger partial charge in [0.1, 0.15) is 34.6 Å². The number of nitrogens with zero attached hydrogens (tertiary/aromatic N) is 1.